The summed E-state index contributed by atoms with van der Waals surface area (Å²) in [7, 11) is 0. The molecular formula is C72H105N19O18S2. The fourth-order valence-corrected chi connectivity index (χ4v) is 12.2. The van der Waals surface area contributed by atoms with Gasteiger partial charge in [0.1, 0.15) is 66.5 Å². The number of nitrogens with two attached hydrogens (primary N) is 2. The van der Waals surface area contributed by atoms with Crippen LogP contribution in [0.5, 0.6) is 0 Å². The van der Waals surface area contributed by atoms with Crippen molar-refractivity contribution in [3.63, 3.8) is 0 Å². The number of aliphatic hydroxyl groups excluding tert-OH is 1. The van der Waals surface area contributed by atoms with Gasteiger partial charge < -0.3 is 111 Å². The van der Waals surface area contributed by atoms with Crippen LogP contribution in [0, 0.1) is 11.8 Å². The minimum atomic E-state index is -1.67. The van der Waals surface area contributed by atoms with Crippen LogP contribution >= 0.6 is 25.3 Å². The minimum Gasteiger partial charge on any atom is -0.481 e. The highest BCUT2D eigenvalue weighted by Crippen LogP contribution is 2.22. The number of benzene rings is 2. The second-order valence-electron chi connectivity index (χ2n) is 27.6. The number of imidazole rings is 1. The fourth-order valence-electron chi connectivity index (χ4n) is 11.7. The number of carbonyl (C=O) groups is 15. The molecular weight excluding hydrogens is 1480 g/mol. The number of H-pyrrole nitrogens is 3. The van der Waals surface area contributed by atoms with Gasteiger partial charge >= 0.3 is 11.9 Å². The van der Waals surface area contributed by atoms with E-state index in [2.05, 4.69) is 114 Å². The lowest BCUT2D eigenvalue weighted by molar-refractivity contribution is -0.140. The van der Waals surface area contributed by atoms with Gasteiger partial charge in [-0.2, -0.15) is 25.3 Å². The Morgan fingerprint density at radius 1 is 0.505 bits per heavy atom. The molecule has 0 aliphatic rings. The number of hydrogen-bond acceptors (Lipinski definition) is 21. The summed E-state index contributed by atoms with van der Waals surface area (Å²) in [5, 5.41) is 64.1. The molecule has 0 aliphatic carbocycles. The molecule has 39 heteroatoms. The summed E-state index contributed by atoms with van der Waals surface area (Å²) in [5.74, 6) is -16.3. The van der Waals surface area contributed by atoms with Gasteiger partial charge in [-0.1, -0.05) is 71.0 Å². The minimum absolute atomic E-state index is 0.0719. The number of nitrogens with zero attached hydrogens (tertiary/aromatic N) is 1. The number of aromatic amines is 3. The summed E-state index contributed by atoms with van der Waals surface area (Å²) in [5.41, 5.74) is 14.0. The number of aliphatic hydroxyl groups is 1. The van der Waals surface area contributed by atoms with E-state index in [0.717, 1.165) is 0 Å². The van der Waals surface area contributed by atoms with Gasteiger partial charge in [0.25, 0.3) is 0 Å². The largest absolute Gasteiger partial charge is 0.481 e. The molecule has 3 heterocycles. The molecule has 23 N–H and O–H groups in total. The Bertz CT molecular complexity index is 4020. The van der Waals surface area contributed by atoms with E-state index in [-0.39, 0.29) is 62.5 Å². The Morgan fingerprint density at radius 2 is 0.973 bits per heavy atom. The van der Waals surface area contributed by atoms with Crippen molar-refractivity contribution in [3.8, 4) is 0 Å². The molecule has 13 atom stereocenters. The number of thiol groups is 2. The van der Waals surface area contributed by atoms with Gasteiger partial charge in [-0.3, -0.25) is 71.9 Å². The van der Waals surface area contributed by atoms with Gasteiger partial charge in [0, 0.05) is 83.3 Å². The molecule has 608 valence electrons. The topological polar surface area (TPSA) is 585 Å². The smallest absolute Gasteiger partial charge is 0.305 e. The van der Waals surface area contributed by atoms with Gasteiger partial charge in [-0.25, -0.2) is 4.98 Å². The first kappa shape index (κ1) is 91.0. The SMILES string of the molecule is CCCN[C@@H](CC(=O)O)C(=O)NC(CS)C(=O)N[C@@H](C)C(=O)NC(Cc1c[nH]c2ccccc12)C(=O)N[C@@H](Cc1cnc[nH]1)C(=O)NC(CCCCN)C(=O)NCC(=O)NC(CCC(=O)O)C(=O)N[C@@H](CC(C)C)C(=O)NC(C(=O)N[C@@H](Cc1c[nH]c2ccccc12)C(=O)NC(CS)C(=O)N[C@H](C(N)=O)[C@@H](C)O)C(C)C. The molecule has 37 nitrogen and oxygen atoms in total. The van der Waals surface area contributed by atoms with E-state index in [4.69, 9.17) is 11.5 Å². The van der Waals surface area contributed by atoms with E-state index in [9.17, 15) is 87.2 Å². The molecule has 0 bridgehead atoms. The third kappa shape index (κ3) is 29.3. The monoisotopic (exact) mass is 1590 g/mol. The number of carboxylic acids is 2. The number of aromatic nitrogens is 4. The van der Waals surface area contributed by atoms with E-state index in [1.807, 2.05) is 6.92 Å². The highest BCUT2D eigenvalue weighted by molar-refractivity contribution is 7.80. The highest BCUT2D eigenvalue weighted by Gasteiger charge is 2.38. The number of rotatable bonds is 49. The molecule has 5 rings (SSSR count). The van der Waals surface area contributed by atoms with Gasteiger partial charge in [-0.05, 0) is 101 Å². The van der Waals surface area contributed by atoms with Crippen molar-refractivity contribution in [2.24, 2.45) is 23.3 Å². The van der Waals surface area contributed by atoms with Crippen molar-refractivity contribution < 1.29 is 87.2 Å². The summed E-state index contributed by atoms with van der Waals surface area (Å²) in [6.45, 7) is 10.6. The molecule has 13 amide bonds. The van der Waals surface area contributed by atoms with Crippen LogP contribution in [0.25, 0.3) is 21.8 Å². The molecule has 0 radical (unpaired) electrons. The van der Waals surface area contributed by atoms with Crippen LogP contribution in [-0.2, 0) is 91.2 Å². The van der Waals surface area contributed by atoms with Crippen LogP contribution in [0.3, 0.4) is 0 Å². The molecule has 0 fully saturated rings. The number of carbonyl (C=O) groups excluding carboxylic acids is 13. The van der Waals surface area contributed by atoms with Crippen molar-refractivity contribution in [2.45, 2.75) is 198 Å². The number of amides is 13. The van der Waals surface area contributed by atoms with Crippen molar-refractivity contribution in [1.82, 2.24) is 89.1 Å². The van der Waals surface area contributed by atoms with Crippen LogP contribution in [-0.4, -0.2) is 234 Å². The Labute approximate surface area is 651 Å². The second-order valence-corrected chi connectivity index (χ2v) is 28.3. The number of unbranched alkanes of at least 4 members (excludes halogenated alkanes) is 1. The van der Waals surface area contributed by atoms with Crippen LogP contribution in [0.1, 0.15) is 117 Å². The summed E-state index contributed by atoms with van der Waals surface area (Å²) in [4.78, 5) is 218. The lowest BCUT2D eigenvalue weighted by Crippen LogP contribution is -2.61. The van der Waals surface area contributed by atoms with Crippen molar-refractivity contribution >= 4 is 136 Å². The molecule has 111 heavy (non-hydrogen) atoms. The Kier molecular flexibility index (Phi) is 37.3. The predicted molar refractivity (Wildman–Crippen MR) is 413 cm³/mol. The predicted octanol–water partition coefficient (Wildman–Crippen LogP) is -2.87. The quantitative estimate of drug-likeness (QED) is 0.0137. The van der Waals surface area contributed by atoms with Gasteiger partial charge in [-0.15, -0.1) is 0 Å². The number of fused-ring (bicyclic) bond motifs is 2. The van der Waals surface area contributed by atoms with Crippen molar-refractivity contribution in [3.05, 3.63) is 90.3 Å². The number of aliphatic carboxylic acids is 2. The zero-order chi connectivity index (χ0) is 82.2. The van der Waals surface area contributed by atoms with Crippen LogP contribution in [0.2, 0.25) is 0 Å². The van der Waals surface area contributed by atoms with Gasteiger partial charge in [0.15, 0.2) is 0 Å². The van der Waals surface area contributed by atoms with Crippen molar-refractivity contribution in [2.75, 3.05) is 31.1 Å². The molecule has 0 saturated heterocycles. The Balaban J connectivity index is 1.33. The maximum absolute atomic E-state index is 14.8. The first-order valence-electron chi connectivity index (χ1n) is 36.4. The maximum Gasteiger partial charge on any atom is 0.305 e. The number of hydrogen-bond donors (Lipinski definition) is 23. The standard InChI is InChI=1S/C72H105N19O18S2/c1-8-23-76-49(28-58(96)97)65(102)88-54(33-110)70(107)81-38(6)62(99)84-51(25-40-29-77-45-17-11-9-15-43(40)45)66(103)86-53(27-42-31-75-35-80-42)68(105)83-47(19-13-14-22-73)63(100)79-32-56(93)82-48(20-21-57(94)95)64(101)85-50(24-36(2)3)69(106)90-59(37(4)5)72(109)87-52(26-41-30-78-46-18-12-10-16-44(41)46)67(104)89-55(34-111)71(108)91-60(39(7)92)61(74)98/h9-12,15-18,29-31,35-39,47-55,59-60,76-78,92,110-111H,8,13-14,19-28,32-34,73H2,1-7H3,(H2,74,98)(H,75,80)(H,79,100)(H,81,107)(H,82,93)(H,83,105)(H,84,99)(H,85,101)(H,86,103)(H,87,109)(H,88,102)(H,89,104)(H,90,106)(H,91,108)(H,94,95)(H,96,97)/t38-,39+,47?,48?,49-,50-,51?,52-,53-,54?,55?,59?,60-/m0/s1. The molecule has 0 aliphatic heterocycles. The fraction of sp³-hybridized carbons (Fsp3) is 0.528. The molecule has 0 spiro atoms. The third-order valence-electron chi connectivity index (χ3n) is 17.8. The van der Waals surface area contributed by atoms with Crippen molar-refractivity contribution in [1.29, 1.82) is 0 Å². The van der Waals surface area contributed by atoms with Gasteiger partial charge in [0.05, 0.1) is 31.4 Å². The molecule has 0 saturated carbocycles. The van der Waals surface area contributed by atoms with E-state index >= 15 is 0 Å². The highest BCUT2D eigenvalue weighted by atomic mass is 32.1. The van der Waals surface area contributed by atoms with Crippen LogP contribution in [0.15, 0.2) is 73.4 Å². The molecule has 5 aromatic rings. The number of nitrogens with one attached hydrogen (secondary N) is 16. The first-order chi connectivity index (χ1) is 52.7. The van der Waals surface area contributed by atoms with E-state index < -0.39 is 199 Å². The number of primary amides is 1. The zero-order valence-corrected chi connectivity index (χ0v) is 64.7. The summed E-state index contributed by atoms with van der Waals surface area (Å²) < 4.78 is 0. The summed E-state index contributed by atoms with van der Waals surface area (Å²) in [6.07, 6.45) is 3.13. The maximum atomic E-state index is 14.8. The van der Waals surface area contributed by atoms with Crippen LogP contribution in [0.4, 0.5) is 0 Å². The lowest BCUT2D eigenvalue weighted by Gasteiger charge is -2.29. The van der Waals surface area contributed by atoms with Gasteiger partial charge in [0.2, 0.25) is 76.8 Å². The average Bonchev–Trinajstić information content (AvgIpc) is 1.70. The Morgan fingerprint density at radius 3 is 1.47 bits per heavy atom. The van der Waals surface area contributed by atoms with E-state index in [0.29, 0.717) is 58.0 Å². The van der Waals surface area contributed by atoms with E-state index in [1.165, 1.54) is 26.4 Å². The average molecular weight is 1590 g/mol. The van der Waals surface area contributed by atoms with Crippen LogP contribution < -0.4 is 80.6 Å². The number of para-hydroxylation sites is 2. The zero-order valence-electron chi connectivity index (χ0n) is 62.9. The number of carboxylic acid groups (broad SMARTS) is 2. The third-order valence-corrected chi connectivity index (χ3v) is 18.5. The molecule has 6 unspecified atom stereocenters. The first-order valence-corrected chi connectivity index (χ1v) is 37.7. The second kappa shape index (κ2) is 45.5. The summed E-state index contributed by atoms with van der Waals surface area (Å²) >= 11 is 8.43. The normalized spacial score (nSPS) is 14.9. The lowest BCUT2D eigenvalue weighted by atomic mass is 9.98. The van der Waals surface area contributed by atoms with E-state index in [1.54, 1.807) is 88.6 Å². The molecule has 3 aromatic heterocycles. The summed E-state index contributed by atoms with van der Waals surface area (Å²) in [6, 6.07) is -3.10. The Hall–Kier alpha value is -10.6. The molecule has 2 aromatic carbocycles.